The van der Waals surface area contributed by atoms with Crippen molar-refractivity contribution in [1.29, 1.82) is 0 Å². The summed E-state index contributed by atoms with van der Waals surface area (Å²) in [4.78, 5) is 7.01. The van der Waals surface area contributed by atoms with Gasteiger partial charge in [-0.05, 0) is 11.6 Å². The predicted octanol–water partition coefficient (Wildman–Crippen LogP) is 0.325. The molecule has 13 heavy (non-hydrogen) atoms. The van der Waals surface area contributed by atoms with Gasteiger partial charge in [-0.3, -0.25) is 0 Å². The minimum atomic E-state index is 0.462. The highest BCUT2D eigenvalue weighted by Gasteiger charge is 2.02. The Kier molecular flexibility index (Phi) is 2.01. The molecule has 0 aromatic carbocycles. The fourth-order valence-electron chi connectivity index (χ4n) is 1.04. The van der Waals surface area contributed by atoms with Crippen LogP contribution < -0.4 is 5.73 Å². The first-order valence-corrected chi connectivity index (χ1v) is 3.91. The molecule has 2 aromatic rings. The fraction of sp³-hybridized carbons (Fsp3) is 0.125. The van der Waals surface area contributed by atoms with Crippen molar-refractivity contribution >= 4 is 0 Å². The highest BCUT2D eigenvalue weighted by Crippen LogP contribution is 2.10. The molecule has 0 spiro atoms. The molecule has 0 aliphatic rings. The third-order valence-corrected chi connectivity index (χ3v) is 1.69. The third kappa shape index (κ3) is 1.54. The largest absolute Gasteiger partial charge is 0.343 e. The molecule has 3 N–H and O–H groups in total. The van der Waals surface area contributed by atoms with Crippen LogP contribution in [0.25, 0.3) is 11.5 Å². The second-order valence-corrected chi connectivity index (χ2v) is 2.59. The van der Waals surface area contributed by atoms with Crippen molar-refractivity contribution in [2.24, 2.45) is 5.73 Å². The zero-order chi connectivity index (χ0) is 9.10. The van der Waals surface area contributed by atoms with Gasteiger partial charge in [0.25, 0.3) is 0 Å². The standard InChI is InChI=1S/C8H9N5/c9-4-6-3-7(13-12-5-6)8-10-1-2-11-8/h1-3,5H,4,9H2,(H,10,11). The Labute approximate surface area is 75.0 Å². The topological polar surface area (TPSA) is 80.5 Å². The Hall–Kier alpha value is -1.75. The number of nitrogens with two attached hydrogens (primary N) is 1. The normalized spacial score (nSPS) is 10.2. The van der Waals surface area contributed by atoms with Gasteiger partial charge in [-0.15, -0.1) is 5.10 Å². The van der Waals surface area contributed by atoms with Gasteiger partial charge in [0.2, 0.25) is 0 Å². The van der Waals surface area contributed by atoms with E-state index in [1.165, 1.54) is 0 Å². The molecular formula is C8H9N5. The van der Waals surface area contributed by atoms with Crippen molar-refractivity contribution in [3.63, 3.8) is 0 Å². The van der Waals surface area contributed by atoms with Gasteiger partial charge >= 0.3 is 0 Å². The molecule has 0 fully saturated rings. The Bertz CT molecular complexity index is 381. The lowest BCUT2D eigenvalue weighted by molar-refractivity contribution is 0.963. The second-order valence-electron chi connectivity index (χ2n) is 2.59. The number of aromatic nitrogens is 4. The Morgan fingerprint density at radius 1 is 1.46 bits per heavy atom. The number of hydrogen-bond donors (Lipinski definition) is 2. The molecule has 0 saturated carbocycles. The van der Waals surface area contributed by atoms with Crippen molar-refractivity contribution in [2.45, 2.75) is 6.54 Å². The smallest absolute Gasteiger partial charge is 0.157 e. The summed E-state index contributed by atoms with van der Waals surface area (Å²) in [5.41, 5.74) is 7.14. The lowest BCUT2D eigenvalue weighted by Crippen LogP contribution is -1.99. The van der Waals surface area contributed by atoms with Crippen molar-refractivity contribution in [3.8, 4) is 11.5 Å². The van der Waals surface area contributed by atoms with E-state index in [0.717, 1.165) is 5.56 Å². The van der Waals surface area contributed by atoms with Crippen LogP contribution in [0.15, 0.2) is 24.7 Å². The third-order valence-electron chi connectivity index (χ3n) is 1.69. The molecule has 66 valence electrons. The number of H-pyrrole nitrogens is 1. The first kappa shape index (κ1) is 7.88. The van der Waals surface area contributed by atoms with Crippen LogP contribution >= 0.6 is 0 Å². The molecule has 0 saturated heterocycles. The number of imidazole rings is 1. The number of hydrogen-bond acceptors (Lipinski definition) is 4. The van der Waals surface area contributed by atoms with Crippen molar-refractivity contribution in [1.82, 2.24) is 20.2 Å². The van der Waals surface area contributed by atoms with Crippen molar-refractivity contribution in [3.05, 3.63) is 30.2 Å². The fourth-order valence-corrected chi connectivity index (χ4v) is 1.04. The van der Waals surface area contributed by atoms with E-state index in [-0.39, 0.29) is 0 Å². The Balaban J connectivity index is 2.41. The summed E-state index contributed by atoms with van der Waals surface area (Å²) >= 11 is 0. The van der Waals surface area contributed by atoms with E-state index in [1.807, 2.05) is 6.07 Å². The average Bonchev–Trinajstić information content (AvgIpc) is 2.71. The van der Waals surface area contributed by atoms with E-state index < -0.39 is 0 Å². The van der Waals surface area contributed by atoms with Crippen molar-refractivity contribution in [2.75, 3.05) is 0 Å². The molecule has 0 bridgehead atoms. The van der Waals surface area contributed by atoms with Crippen molar-refractivity contribution < 1.29 is 0 Å². The molecule has 0 unspecified atom stereocenters. The summed E-state index contributed by atoms with van der Waals surface area (Å²) in [5.74, 6) is 0.711. The molecule has 2 aromatic heterocycles. The molecule has 0 aliphatic heterocycles. The van der Waals surface area contributed by atoms with E-state index in [2.05, 4.69) is 20.2 Å². The number of nitrogens with one attached hydrogen (secondary N) is 1. The molecule has 2 rings (SSSR count). The van der Waals surface area contributed by atoms with Crippen LogP contribution in [0.2, 0.25) is 0 Å². The van der Waals surface area contributed by atoms with E-state index in [9.17, 15) is 0 Å². The lowest BCUT2D eigenvalue weighted by Gasteiger charge is -1.97. The molecule has 0 aliphatic carbocycles. The summed E-state index contributed by atoms with van der Waals surface area (Å²) in [7, 11) is 0. The molecule has 0 atom stereocenters. The summed E-state index contributed by atoms with van der Waals surface area (Å²) < 4.78 is 0. The zero-order valence-electron chi connectivity index (χ0n) is 6.94. The summed E-state index contributed by atoms with van der Waals surface area (Å²) in [5, 5.41) is 7.75. The molecule has 5 heteroatoms. The van der Waals surface area contributed by atoms with E-state index >= 15 is 0 Å². The van der Waals surface area contributed by atoms with Gasteiger partial charge < -0.3 is 10.7 Å². The van der Waals surface area contributed by atoms with E-state index in [0.29, 0.717) is 18.1 Å². The molecule has 2 heterocycles. The van der Waals surface area contributed by atoms with Crippen LogP contribution in [0.1, 0.15) is 5.56 Å². The van der Waals surface area contributed by atoms with Crippen LogP contribution in [-0.2, 0) is 6.54 Å². The SMILES string of the molecule is NCc1cnnc(-c2ncc[nH]2)c1. The van der Waals surface area contributed by atoms with Gasteiger partial charge in [0, 0.05) is 18.9 Å². The summed E-state index contributed by atoms with van der Waals surface area (Å²) in [6.07, 6.45) is 5.06. The van der Waals surface area contributed by atoms with E-state index in [1.54, 1.807) is 18.6 Å². The minimum absolute atomic E-state index is 0.462. The van der Waals surface area contributed by atoms with Crippen LogP contribution in [-0.4, -0.2) is 20.2 Å². The van der Waals surface area contributed by atoms with Gasteiger partial charge in [-0.2, -0.15) is 5.10 Å². The van der Waals surface area contributed by atoms with Gasteiger partial charge in [-0.25, -0.2) is 4.98 Å². The van der Waals surface area contributed by atoms with Gasteiger partial charge in [-0.1, -0.05) is 0 Å². The van der Waals surface area contributed by atoms with Gasteiger partial charge in [0.1, 0.15) is 5.69 Å². The predicted molar refractivity (Wildman–Crippen MR) is 47.5 cm³/mol. The highest BCUT2D eigenvalue weighted by atomic mass is 15.1. The average molecular weight is 175 g/mol. The summed E-state index contributed by atoms with van der Waals surface area (Å²) in [6.45, 7) is 0.462. The first-order chi connectivity index (χ1) is 6.40. The minimum Gasteiger partial charge on any atom is -0.343 e. The molecular weight excluding hydrogens is 166 g/mol. The van der Waals surface area contributed by atoms with Crippen LogP contribution in [0.5, 0.6) is 0 Å². The molecule has 5 nitrogen and oxygen atoms in total. The zero-order valence-corrected chi connectivity index (χ0v) is 6.94. The van der Waals surface area contributed by atoms with Gasteiger partial charge in [0.15, 0.2) is 5.82 Å². The van der Waals surface area contributed by atoms with Crippen LogP contribution in [0.4, 0.5) is 0 Å². The first-order valence-electron chi connectivity index (χ1n) is 3.91. The van der Waals surface area contributed by atoms with E-state index in [4.69, 9.17) is 5.73 Å². The summed E-state index contributed by atoms with van der Waals surface area (Å²) in [6, 6.07) is 1.87. The maximum atomic E-state index is 5.47. The maximum Gasteiger partial charge on any atom is 0.157 e. The van der Waals surface area contributed by atoms with Gasteiger partial charge in [0.05, 0.1) is 6.20 Å². The number of nitrogens with zero attached hydrogens (tertiary/aromatic N) is 3. The monoisotopic (exact) mass is 175 g/mol. The maximum absolute atomic E-state index is 5.47. The van der Waals surface area contributed by atoms with Crippen LogP contribution in [0, 0.1) is 0 Å². The van der Waals surface area contributed by atoms with Crippen LogP contribution in [0.3, 0.4) is 0 Å². The highest BCUT2D eigenvalue weighted by molar-refractivity contribution is 5.48. The lowest BCUT2D eigenvalue weighted by atomic mass is 10.2. The number of aromatic amines is 1. The Morgan fingerprint density at radius 2 is 2.38 bits per heavy atom. The second kappa shape index (κ2) is 3.32. The quantitative estimate of drug-likeness (QED) is 0.689. The molecule has 0 radical (unpaired) electrons. The Morgan fingerprint density at radius 3 is 3.08 bits per heavy atom. The molecule has 0 amide bonds. The number of rotatable bonds is 2.